The van der Waals surface area contributed by atoms with E-state index in [9.17, 15) is 4.79 Å². The van der Waals surface area contributed by atoms with Crippen molar-refractivity contribution in [1.29, 1.82) is 0 Å². The van der Waals surface area contributed by atoms with Gasteiger partial charge in [0.2, 0.25) is 0 Å². The molecule has 1 saturated carbocycles. The molecule has 13 heavy (non-hydrogen) atoms. The number of rotatable bonds is 3. The van der Waals surface area contributed by atoms with Crippen LogP contribution >= 0.6 is 0 Å². The first-order valence-electron chi connectivity index (χ1n) is 4.62. The van der Waals surface area contributed by atoms with Crippen molar-refractivity contribution in [2.24, 2.45) is 5.92 Å². The Hall–Kier alpha value is -1.03. The van der Waals surface area contributed by atoms with Crippen molar-refractivity contribution in [3.63, 3.8) is 0 Å². The second-order valence-corrected chi connectivity index (χ2v) is 3.83. The maximum absolute atomic E-state index is 11.2. The molecule has 1 aliphatic heterocycles. The quantitative estimate of drug-likeness (QED) is 0.582. The average Bonchev–Trinajstić information content (AvgIpc) is 2.82. The van der Waals surface area contributed by atoms with Gasteiger partial charge in [0.1, 0.15) is 0 Å². The van der Waals surface area contributed by atoms with Gasteiger partial charge in [0, 0.05) is 12.2 Å². The molecule has 2 aliphatic rings. The van der Waals surface area contributed by atoms with E-state index >= 15 is 0 Å². The summed E-state index contributed by atoms with van der Waals surface area (Å²) < 4.78 is 0. The van der Waals surface area contributed by atoms with Crippen molar-refractivity contribution in [2.45, 2.75) is 18.4 Å². The fourth-order valence-electron chi connectivity index (χ4n) is 2.06. The van der Waals surface area contributed by atoms with Crippen LogP contribution in [0.3, 0.4) is 0 Å². The summed E-state index contributed by atoms with van der Waals surface area (Å²) in [5.41, 5.74) is 0.584. The molecule has 0 radical (unpaired) electrons. The lowest BCUT2D eigenvalue weighted by Gasteiger charge is -2.28. The van der Waals surface area contributed by atoms with Gasteiger partial charge in [-0.1, -0.05) is 6.58 Å². The third-order valence-corrected chi connectivity index (χ3v) is 2.87. The molecule has 0 aromatic rings. The van der Waals surface area contributed by atoms with E-state index in [0.29, 0.717) is 5.92 Å². The third kappa shape index (κ3) is 1.21. The number of hydrogen-bond acceptors (Lipinski definition) is 2. The van der Waals surface area contributed by atoms with E-state index in [4.69, 9.17) is 0 Å². The van der Waals surface area contributed by atoms with Crippen molar-refractivity contribution in [3.05, 3.63) is 12.3 Å². The van der Waals surface area contributed by atoms with E-state index in [1.54, 1.807) is 0 Å². The molecule has 1 heterocycles. The molecule has 2 rings (SSSR count). The topological polar surface area (TPSA) is 53.2 Å². The Morgan fingerprint density at radius 3 is 2.77 bits per heavy atom. The van der Waals surface area contributed by atoms with E-state index in [2.05, 4.69) is 22.5 Å². The molecule has 2 fully saturated rings. The SMILES string of the molecule is C=C1NC(=O)N[C@@]1(CNC)C1CC1. The maximum Gasteiger partial charge on any atom is 0.319 e. The second-order valence-electron chi connectivity index (χ2n) is 3.83. The van der Waals surface area contributed by atoms with E-state index in [0.717, 1.165) is 12.2 Å². The summed E-state index contributed by atoms with van der Waals surface area (Å²) in [4.78, 5) is 11.2. The van der Waals surface area contributed by atoms with Crippen molar-refractivity contribution < 1.29 is 4.79 Å². The Balaban J connectivity index is 2.21. The highest BCUT2D eigenvalue weighted by Gasteiger charge is 2.51. The fourth-order valence-corrected chi connectivity index (χ4v) is 2.06. The molecule has 1 atom stereocenters. The summed E-state index contributed by atoms with van der Waals surface area (Å²) in [6.45, 7) is 4.66. The minimum Gasteiger partial charge on any atom is -0.325 e. The highest BCUT2D eigenvalue weighted by atomic mass is 16.2. The molecule has 1 saturated heterocycles. The number of amides is 2. The van der Waals surface area contributed by atoms with Gasteiger partial charge in [-0.15, -0.1) is 0 Å². The standard InChI is InChI=1S/C9H15N3O/c1-6-9(5-10-2,7-3-4-7)12-8(13)11-6/h7,10H,1,3-5H2,2H3,(H2,11,12,13)/t9-/m1/s1. The van der Waals surface area contributed by atoms with Gasteiger partial charge in [0.15, 0.2) is 0 Å². The predicted molar refractivity (Wildman–Crippen MR) is 50.2 cm³/mol. The van der Waals surface area contributed by atoms with E-state index < -0.39 is 0 Å². The van der Waals surface area contributed by atoms with Gasteiger partial charge in [-0.2, -0.15) is 0 Å². The Bertz CT molecular complexity index is 260. The molecule has 4 nitrogen and oxygen atoms in total. The Morgan fingerprint density at radius 2 is 2.38 bits per heavy atom. The van der Waals surface area contributed by atoms with Gasteiger partial charge in [-0.25, -0.2) is 4.79 Å². The maximum atomic E-state index is 11.2. The van der Waals surface area contributed by atoms with Crippen molar-refractivity contribution in [1.82, 2.24) is 16.0 Å². The lowest BCUT2D eigenvalue weighted by Crippen LogP contribution is -2.51. The molecular formula is C9H15N3O. The van der Waals surface area contributed by atoms with Crippen LogP contribution in [0.4, 0.5) is 4.79 Å². The summed E-state index contributed by atoms with van der Waals surface area (Å²) in [6.07, 6.45) is 2.37. The van der Waals surface area contributed by atoms with E-state index in [1.165, 1.54) is 12.8 Å². The highest BCUT2D eigenvalue weighted by Crippen LogP contribution is 2.43. The number of nitrogens with one attached hydrogen (secondary N) is 3. The van der Waals surface area contributed by atoms with Gasteiger partial charge < -0.3 is 16.0 Å². The Kier molecular flexibility index (Phi) is 1.80. The predicted octanol–water partition coefficient (Wildman–Crippen LogP) is 0.181. The molecule has 0 unspecified atom stereocenters. The van der Waals surface area contributed by atoms with Crippen molar-refractivity contribution in [2.75, 3.05) is 13.6 Å². The molecular weight excluding hydrogens is 166 g/mol. The number of carbonyl (C=O) groups is 1. The summed E-state index contributed by atoms with van der Waals surface area (Å²) in [5.74, 6) is 0.561. The number of urea groups is 1. The monoisotopic (exact) mass is 181 g/mol. The molecule has 1 aliphatic carbocycles. The highest BCUT2D eigenvalue weighted by molar-refractivity contribution is 5.82. The Labute approximate surface area is 77.8 Å². The first-order chi connectivity index (χ1) is 6.19. The second kappa shape index (κ2) is 2.73. The van der Waals surface area contributed by atoms with Crippen LogP contribution in [0.15, 0.2) is 12.3 Å². The number of likely N-dealkylation sites (N-methyl/N-ethyl adjacent to an activating group) is 1. The molecule has 72 valence electrons. The first-order valence-corrected chi connectivity index (χ1v) is 4.62. The molecule has 3 N–H and O–H groups in total. The number of hydrogen-bond donors (Lipinski definition) is 3. The van der Waals surface area contributed by atoms with Crippen LogP contribution < -0.4 is 16.0 Å². The van der Waals surface area contributed by atoms with E-state index in [-0.39, 0.29) is 11.6 Å². The van der Waals surface area contributed by atoms with Gasteiger partial charge in [0.05, 0.1) is 5.54 Å². The summed E-state index contributed by atoms with van der Waals surface area (Å²) in [6, 6.07) is -0.118. The van der Waals surface area contributed by atoms with Gasteiger partial charge >= 0.3 is 6.03 Å². The van der Waals surface area contributed by atoms with E-state index in [1.807, 2.05) is 7.05 Å². The smallest absolute Gasteiger partial charge is 0.319 e. The zero-order chi connectivity index (χ0) is 9.47. The van der Waals surface area contributed by atoms with Gasteiger partial charge in [-0.05, 0) is 25.8 Å². The van der Waals surface area contributed by atoms with Crippen LogP contribution in [-0.4, -0.2) is 25.2 Å². The zero-order valence-corrected chi connectivity index (χ0v) is 7.81. The minimum atomic E-state index is -0.230. The minimum absolute atomic E-state index is 0.118. The molecule has 0 aromatic carbocycles. The van der Waals surface area contributed by atoms with Crippen LogP contribution in [0.1, 0.15) is 12.8 Å². The molecule has 4 heteroatoms. The summed E-state index contributed by atoms with van der Waals surface area (Å²) in [5, 5.41) is 8.80. The van der Waals surface area contributed by atoms with Crippen molar-refractivity contribution in [3.8, 4) is 0 Å². The van der Waals surface area contributed by atoms with Crippen LogP contribution in [0, 0.1) is 5.92 Å². The van der Waals surface area contributed by atoms with Crippen molar-refractivity contribution >= 4 is 6.03 Å². The van der Waals surface area contributed by atoms with Crippen LogP contribution in [0.2, 0.25) is 0 Å². The lowest BCUT2D eigenvalue weighted by molar-refractivity contribution is 0.242. The number of carbonyl (C=O) groups excluding carboxylic acids is 1. The summed E-state index contributed by atoms with van der Waals surface area (Å²) in [7, 11) is 1.89. The molecule has 2 amide bonds. The fraction of sp³-hybridized carbons (Fsp3) is 0.667. The van der Waals surface area contributed by atoms with Crippen LogP contribution in [0.25, 0.3) is 0 Å². The van der Waals surface area contributed by atoms with Crippen LogP contribution in [-0.2, 0) is 0 Å². The zero-order valence-electron chi connectivity index (χ0n) is 7.81. The van der Waals surface area contributed by atoms with Gasteiger partial charge in [-0.3, -0.25) is 0 Å². The first kappa shape index (κ1) is 8.56. The summed E-state index contributed by atoms with van der Waals surface area (Å²) >= 11 is 0. The molecule has 0 aromatic heterocycles. The average molecular weight is 181 g/mol. The normalized spacial score (nSPS) is 33.0. The lowest BCUT2D eigenvalue weighted by atomic mass is 9.91. The third-order valence-electron chi connectivity index (χ3n) is 2.87. The molecule has 0 spiro atoms. The molecule has 0 bridgehead atoms. The van der Waals surface area contributed by atoms with Gasteiger partial charge in [0.25, 0.3) is 0 Å². The largest absolute Gasteiger partial charge is 0.325 e. The Morgan fingerprint density at radius 1 is 1.69 bits per heavy atom. The van der Waals surface area contributed by atoms with Crippen LogP contribution in [0.5, 0.6) is 0 Å².